The summed E-state index contributed by atoms with van der Waals surface area (Å²) >= 11 is 0. The molecule has 0 aliphatic carbocycles. The molecule has 3 N–H and O–H groups in total. The Morgan fingerprint density at radius 1 is 1.17 bits per heavy atom. The smallest absolute Gasteiger partial charge is 0.243 e. The summed E-state index contributed by atoms with van der Waals surface area (Å²) in [6, 6.07) is 0. The van der Waals surface area contributed by atoms with Gasteiger partial charge in [-0.1, -0.05) is 45.4 Å². The van der Waals surface area contributed by atoms with Crippen LogP contribution in [-0.2, 0) is 9.59 Å². The lowest BCUT2D eigenvalue weighted by atomic mass is 9.96. The van der Waals surface area contributed by atoms with Crippen molar-refractivity contribution in [3.8, 4) is 0 Å². The van der Waals surface area contributed by atoms with Crippen LogP contribution in [0, 0.1) is 10.8 Å². The maximum Gasteiger partial charge on any atom is 0.243 e. The van der Waals surface area contributed by atoms with Crippen LogP contribution in [0.3, 0.4) is 0 Å². The summed E-state index contributed by atoms with van der Waals surface area (Å²) in [5.74, 6) is -1.55. The third-order valence-electron chi connectivity index (χ3n) is 2.91. The minimum Gasteiger partial charge on any atom is -0.369 e. The van der Waals surface area contributed by atoms with Crippen LogP contribution in [0.15, 0.2) is 5.29 Å². The highest BCUT2D eigenvalue weighted by atomic mass is 16.3. The number of nitroso groups, excluding NO2 is 1. The summed E-state index contributed by atoms with van der Waals surface area (Å²) in [5, 5.41) is 2.28. The van der Waals surface area contributed by atoms with E-state index in [1.54, 1.807) is 5.43 Å². The third kappa shape index (κ3) is 8.66. The van der Waals surface area contributed by atoms with Crippen molar-refractivity contribution in [1.82, 2.24) is 5.43 Å². The number of carbonyl (C=O) groups is 2. The second-order valence-electron chi connectivity index (χ2n) is 4.49. The highest BCUT2D eigenvalue weighted by Crippen LogP contribution is 2.15. The Bertz CT molecular complexity index is 269. The Morgan fingerprint density at radius 2 is 1.78 bits per heavy atom. The van der Waals surface area contributed by atoms with Gasteiger partial charge in [0.15, 0.2) is 0 Å². The van der Waals surface area contributed by atoms with Crippen molar-refractivity contribution in [3.05, 3.63) is 4.91 Å². The monoisotopic (exact) mass is 257 g/mol. The van der Waals surface area contributed by atoms with Gasteiger partial charge in [-0.25, -0.2) is 5.43 Å². The van der Waals surface area contributed by atoms with Gasteiger partial charge in [0.05, 0.1) is 5.29 Å². The van der Waals surface area contributed by atoms with E-state index in [2.05, 4.69) is 12.2 Å². The lowest BCUT2D eigenvalue weighted by Gasteiger charge is -2.11. The fourth-order valence-electron chi connectivity index (χ4n) is 1.84. The number of unbranched alkanes of at least 4 members (excludes halogenated alkanes) is 5. The SMILES string of the molecule is CCCCCCCC[C@H](CC(=O)NN=O)C(N)=O. The summed E-state index contributed by atoms with van der Waals surface area (Å²) < 4.78 is 0. The number of nitrogens with two attached hydrogens (primary N) is 1. The van der Waals surface area contributed by atoms with E-state index in [0.29, 0.717) is 6.42 Å². The van der Waals surface area contributed by atoms with E-state index in [1.165, 1.54) is 19.3 Å². The van der Waals surface area contributed by atoms with E-state index >= 15 is 0 Å². The van der Waals surface area contributed by atoms with Gasteiger partial charge in [-0.3, -0.25) is 9.59 Å². The minimum atomic E-state index is -0.556. The van der Waals surface area contributed by atoms with Gasteiger partial charge in [-0.15, -0.1) is 4.91 Å². The van der Waals surface area contributed by atoms with Crippen LogP contribution in [0.1, 0.15) is 58.3 Å². The molecule has 0 saturated carbocycles. The van der Waals surface area contributed by atoms with Gasteiger partial charge >= 0.3 is 0 Å². The van der Waals surface area contributed by atoms with Crippen LogP contribution in [0.4, 0.5) is 0 Å². The Labute approximate surface area is 108 Å². The Morgan fingerprint density at radius 3 is 2.33 bits per heavy atom. The standard InChI is InChI=1S/C12H23N3O3/c1-2-3-4-5-6-7-8-10(12(13)17)9-11(16)14-15-18/h10H,2-9H2,1H3,(H2,13,17)(H,14,16,18)/t10-/m1/s1. The molecule has 0 spiro atoms. The van der Waals surface area contributed by atoms with Gasteiger partial charge in [0.2, 0.25) is 11.8 Å². The average molecular weight is 257 g/mol. The van der Waals surface area contributed by atoms with E-state index < -0.39 is 17.7 Å². The molecule has 0 rings (SSSR count). The average Bonchev–Trinajstić information content (AvgIpc) is 2.32. The number of rotatable bonds is 11. The first-order valence-corrected chi connectivity index (χ1v) is 6.52. The van der Waals surface area contributed by atoms with E-state index in [0.717, 1.165) is 19.3 Å². The molecule has 0 radical (unpaired) electrons. The van der Waals surface area contributed by atoms with Crippen molar-refractivity contribution in [1.29, 1.82) is 0 Å². The molecule has 0 aromatic heterocycles. The molecule has 18 heavy (non-hydrogen) atoms. The quantitative estimate of drug-likeness (QED) is 0.336. The van der Waals surface area contributed by atoms with Crippen LogP contribution in [0.2, 0.25) is 0 Å². The summed E-state index contributed by atoms with van der Waals surface area (Å²) in [7, 11) is 0. The molecule has 1 atom stereocenters. The van der Waals surface area contributed by atoms with Gasteiger partial charge < -0.3 is 5.73 Å². The molecule has 0 heterocycles. The van der Waals surface area contributed by atoms with Crippen LogP contribution in [-0.4, -0.2) is 11.8 Å². The van der Waals surface area contributed by atoms with Gasteiger partial charge in [-0.2, -0.15) is 0 Å². The molecule has 0 bridgehead atoms. The van der Waals surface area contributed by atoms with Gasteiger partial charge in [-0.05, 0) is 6.42 Å². The zero-order valence-corrected chi connectivity index (χ0v) is 11.0. The molecule has 0 aliphatic heterocycles. The number of amides is 2. The third-order valence-corrected chi connectivity index (χ3v) is 2.91. The molecule has 104 valence electrons. The van der Waals surface area contributed by atoms with Crippen LogP contribution >= 0.6 is 0 Å². The highest BCUT2D eigenvalue weighted by molar-refractivity contribution is 5.84. The first-order valence-electron chi connectivity index (χ1n) is 6.52. The van der Waals surface area contributed by atoms with Crippen molar-refractivity contribution >= 4 is 11.8 Å². The molecular formula is C12H23N3O3. The summed E-state index contributed by atoms with van der Waals surface area (Å²) in [6.45, 7) is 2.16. The van der Waals surface area contributed by atoms with E-state index in [-0.39, 0.29) is 6.42 Å². The Kier molecular flexibility index (Phi) is 9.81. The van der Waals surface area contributed by atoms with Crippen LogP contribution < -0.4 is 11.2 Å². The maximum atomic E-state index is 11.1. The fourth-order valence-corrected chi connectivity index (χ4v) is 1.84. The molecule has 0 saturated heterocycles. The van der Waals surface area contributed by atoms with Gasteiger partial charge in [0.1, 0.15) is 0 Å². The van der Waals surface area contributed by atoms with Crippen molar-refractivity contribution < 1.29 is 9.59 Å². The lowest BCUT2D eigenvalue weighted by molar-refractivity contribution is -0.128. The first kappa shape index (κ1) is 16.5. The molecular weight excluding hydrogens is 234 g/mol. The van der Waals surface area contributed by atoms with Crippen molar-refractivity contribution in [3.63, 3.8) is 0 Å². The summed E-state index contributed by atoms with van der Waals surface area (Å²) in [6.07, 6.45) is 7.21. The largest absolute Gasteiger partial charge is 0.369 e. The molecule has 0 fully saturated rings. The first-order chi connectivity index (χ1) is 8.61. The summed E-state index contributed by atoms with van der Waals surface area (Å²) in [5.41, 5.74) is 6.99. The number of nitrogens with zero attached hydrogens (tertiary/aromatic N) is 1. The normalized spacial score (nSPS) is 11.8. The van der Waals surface area contributed by atoms with Crippen LogP contribution in [0.5, 0.6) is 0 Å². The predicted octanol–water partition coefficient (Wildman–Crippen LogP) is 2.03. The van der Waals surface area contributed by atoms with Crippen molar-refractivity contribution in [2.75, 3.05) is 0 Å². The molecule has 2 amide bonds. The fraction of sp³-hybridized carbons (Fsp3) is 0.833. The number of primary amides is 1. The molecule has 6 heteroatoms. The van der Waals surface area contributed by atoms with Crippen molar-refractivity contribution in [2.24, 2.45) is 16.9 Å². The maximum absolute atomic E-state index is 11.1. The predicted molar refractivity (Wildman–Crippen MR) is 69.2 cm³/mol. The molecule has 0 unspecified atom stereocenters. The highest BCUT2D eigenvalue weighted by Gasteiger charge is 2.18. The number of hydrogen-bond donors (Lipinski definition) is 2. The molecule has 0 aromatic carbocycles. The minimum absolute atomic E-state index is 0.0595. The topological polar surface area (TPSA) is 102 Å². The van der Waals surface area contributed by atoms with Gasteiger partial charge in [0, 0.05) is 12.3 Å². The number of carbonyl (C=O) groups excluding carboxylic acids is 2. The van der Waals surface area contributed by atoms with E-state index in [9.17, 15) is 14.5 Å². The molecule has 6 nitrogen and oxygen atoms in total. The lowest BCUT2D eigenvalue weighted by Crippen LogP contribution is -2.29. The Balaban J connectivity index is 3.80. The van der Waals surface area contributed by atoms with Gasteiger partial charge in [0.25, 0.3) is 0 Å². The van der Waals surface area contributed by atoms with Crippen molar-refractivity contribution in [2.45, 2.75) is 58.3 Å². The summed E-state index contributed by atoms with van der Waals surface area (Å²) in [4.78, 5) is 32.1. The number of hydrogen-bond acceptors (Lipinski definition) is 4. The Hall–Kier alpha value is -1.46. The number of nitrogens with one attached hydrogen (secondary N) is 1. The second kappa shape index (κ2) is 10.7. The second-order valence-corrected chi connectivity index (χ2v) is 4.49. The zero-order valence-electron chi connectivity index (χ0n) is 11.0. The molecule has 0 aromatic rings. The van der Waals surface area contributed by atoms with E-state index in [4.69, 9.17) is 5.73 Å². The molecule has 0 aliphatic rings. The van der Waals surface area contributed by atoms with Crippen LogP contribution in [0.25, 0.3) is 0 Å². The van der Waals surface area contributed by atoms with E-state index in [1.807, 2.05) is 0 Å². The zero-order chi connectivity index (χ0) is 13.8.